The van der Waals surface area contributed by atoms with Crippen LogP contribution in [0.1, 0.15) is 34.3 Å². The lowest BCUT2D eigenvalue weighted by Gasteiger charge is -2.22. The summed E-state index contributed by atoms with van der Waals surface area (Å²) < 4.78 is 33.7. The molecule has 1 aliphatic heterocycles. The first kappa shape index (κ1) is 16.3. The van der Waals surface area contributed by atoms with Gasteiger partial charge in [0.1, 0.15) is 6.10 Å². The third kappa shape index (κ3) is 3.96. The van der Waals surface area contributed by atoms with Crippen LogP contribution in [0.25, 0.3) is 0 Å². The van der Waals surface area contributed by atoms with E-state index in [1.807, 2.05) is 0 Å². The van der Waals surface area contributed by atoms with Crippen LogP contribution in [0.3, 0.4) is 0 Å². The summed E-state index contributed by atoms with van der Waals surface area (Å²) in [5, 5.41) is 0. The van der Waals surface area contributed by atoms with E-state index in [0.717, 1.165) is 0 Å². The zero-order valence-electron chi connectivity index (χ0n) is 11.9. The lowest BCUT2D eigenvalue weighted by atomic mass is 10.1. The molecule has 1 fully saturated rings. The van der Waals surface area contributed by atoms with Gasteiger partial charge < -0.3 is 9.47 Å². The van der Waals surface area contributed by atoms with Crippen LogP contribution >= 0.6 is 10.7 Å². The van der Waals surface area contributed by atoms with Gasteiger partial charge in [-0.1, -0.05) is 0 Å². The molecule has 0 unspecified atom stereocenters. The molecular weight excluding hydrogens is 316 g/mol. The predicted octanol–water partition coefficient (Wildman–Crippen LogP) is 2.57. The molecular formula is C14H17ClO5S. The molecule has 0 N–H and O–H groups in total. The van der Waals surface area contributed by atoms with E-state index in [2.05, 4.69) is 0 Å². The van der Waals surface area contributed by atoms with E-state index in [-0.39, 0.29) is 16.6 Å². The summed E-state index contributed by atoms with van der Waals surface area (Å²) in [4.78, 5) is 12.1. The molecule has 1 saturated heterocycles. The van der Waals surface area contributed by atoms with Crippen LogP contribution in [0, 0.1) is 13.8 Å². The number of ether oxygens (including phenoxy) is 2. The minimum Gasteiger partial charge on any atom is -0.459 e. The summed E-state index contributed by atoms with van der Waals surface area (Å²) in [6, 6.07) is 2.88. The maximum atomic E-state index is 12.2. The maximum absolute atomic E-state index is 12.2. The molecule has 0 amide bonds. The van der Waals surface area contributed by atoms with Crippen molar-refractivity contribution in [3.63, 3.8) is 0 Å². The van der Waals surface area contributed by atoms with E-state index in [0.29, 0.717) is 37.2 Å². The van der Waals surface area contributed by atoms with E-state index < -0.39 is 15.0 Å². The van der Waals surface area contributed by atoms with Gasteiger partial charge in [-0.3, -0.25) is 0 Å². The van der Waals surface area contributed by atoms with Crippen molar-refractivity contribution in [2.45, 2.75) is 37.7 Å². The summed E-state index contributed by atoms with van der Waals surface area (Å²) in [5.74, 6) is -0.536. The predicted molar refractivity (Wildman–Crippen MR) is 78.2 cm³/mol. The van der Waals surface area contributed by atoms with Crippen molar-refractivity contribution in [1.29, 1.82) is 0 Å². The van der Waals surface area contributed by atoms with E-state index >= 15 is 0 Å². The average molecular weight is 333 g/mol. The number of hydrogen-bond donors (Lipinski definition) is 0. The number of carbonyl (C=O) groups excluding carboxylic acids is 1. The zero-order valence-corrected chi connectivity index (χ0v) is 13.5. The Hall–Kier alpha value is -1.11. The first-order valence-corrected chi connectivity index (χ1v) is 8.94. The van der Waals surface area contributed by atoms with Gasteiger partial charge in [-0.25, -0.2) is 13.2 Å². The fraction of sp³-hybridized carbons (Fsp3) is 0.500. The Morgan fingerprint density at radius 2 is 1.90 bits per heavy atom. The summed E-state index contributed by atoms with van der Waals surface area (Å²) in [7, 11) is 1.51. The lowest BCUT2D eigenvalue weighted by molar-refractivity contribution is -0.0159. The number of rotatable bonds is 3. The van der Waals surface area contributed by atoms with Gasteiger partial charge in [0.2, 0.25) is 0 Å². The Balaban J connectivity index is 2.27. The second-order valence-corrected chi connectivity index (χ2v) is 7.61. The third-order valence-corrected chi connectivity index (χ3v) is 5.01. The standard InChI is InChI=1S/C14H17ClO5S/c1-9-7-11(8-13(10(9)2)21(15,17)18)14(16)20-12-3-5-19-6-4-12/h7-8,12H,3-6H2,1-2H3. The quantitative estimate of drug-likeness (QED) is 0.628. The van der Waals surface area contributed by atoms with Crippen LogP contribution in [0.4, 0.5) is 0 Å². The van der Waals surface area contributed by atoms with Gasteiger partial charge >= 0.3 is 5.97 Å². The van der Waals surface area contributed by atoms with Crippen molar-refractivity contribution >= 4 is 25.7 Å². The zero-order chi connectivity index (χ0) is 15.6. The van der Waals surface area contributed by atoms with Crippen molar-refractivity contribution in [2.24, 2.45) is 0 Å². The monoisotopic (exact) mass is 332 g/mol. The summed E-state index contributed by atoms with van der Waals surface area (Å²) in [6.07, 6.45) is 1.11. The highest BCUT2D eigenvalue weighted by atomic mass is 35.7. The minimum absolute atomic E-state index is 0.0527. The lowest BCUT2D eigenvalue weighted by Crippen LogP contribution is -2.26. The normalized spacial score (nSPS) is 16.7. The largest absolute Gasteiger partial charge is 0.459 e. The fourth-order valence-electron chi connectivity index (χ4n) is 2.21. The van der Waals surface area contributed by atoms with Gasteiger partial charge in [-0.05, 0) is 37.1 Å². The molecule has 1 aromatic carbocycles. The van der Waals surface area contributed by atoms with Crippen LogP contribution in [-0.4, -0.2) is 33.7 Å². The van der Waals surface area contributed by atoms with Crippen LogP contribution in [0.2, 0.25) is 0 Å². The minimum atomic E-state index is -3.90. The van der Waals surface area contributed by atoms with Crippen molar-refractivity contribution < 1.29 is 22.7 Å². The third-order valence-electron chi connectivity index (χ3n) is 3.56. The highest BCUT2D eigenvalue weighted by molar-refractivity contribution is 8.13. The SMILES string of the molecule is Cc1cc(C(=O)OC2CCOCC2)cc(S(=O)(=O)Cl)c1C. The van der Waals surface area contributed by atoms with Gasteiger partial charge in [-0.2, -0.15) is 0 Å². The van der Waals surface area contributed by atoms with E-state index in [9.17, 15) is 13.2 Å². The smallest absolute Gasteiger partial charge is 0.338 e. The Bertz CT molecular complexity index is 648. The summed E-state index contributed by atoms with van der Waals surface area (Å²) >= 11 is 0. The number of halogens is 1. The van der Waals surface area contributed by atoms with E-state index in [1.54, 1.807) is 19.9 Å². The Morgan fingerprint density at radius 3 is 2.48 bits per heavy atom. The number of aryl methyl sites for hydroxylation is 1. The van der Waals surface area contributed by atoms with Crippen molar-refractivity contribution in [2.75, 3.05) is 13.2 Å². The molecule has 7 heteroatoms. The van der Waals surface area contributed by atoms with Crippen LogP contribution in [0.15, 0.2) is 17.0 Å². The topological polar surface area (TPSA) is 69.7 Å². The van der Waals surface area contributed by atoms with Crippen molar-refractivity contribution in [3.8, 4) is 0 Å². The highest BCUT2D eigenvalue weighted by Crippen LogP contribution is 2.25. The van der Waals surface area contributed by atoms with E-state index in [1.165, 1.54) is 6.07 Å². The molecule has 1 aromatic rings. The average Bonchev–Trinajstić information content (AvgIpc) is 2.41. The van der Waals surface area contributed by atoms with Crippen LogP contribution < -0.4 is 0 Å². The molecule has 0 radical (unpaired) electrons. The maximum Gasteiger partial charge on any atom is 0.338 e. The van der Waals surface area contributed by atoms with Gasteiger partial charge in [0.15, 0.2) is 0 Å². The van der Waals surface area contributed by atoms with Gasteiger partial charge in [0.25, 0.3) is 9.05 Å². The highest BCUT2D eigenvalue weighted by Gasteiger charge is 2.22. The number of hydrogen-bond acceptors (Lipinski definition) is 5. The van der Waals surface area contributed by atoms with Gasteiger partial charge in [-0.15, -0.1) is 0 Å². The molecule has 1 aliphatic rings. The molecule has 0 atom stereocenters. The Labute approximate surface area is 128 Å². The summed E-state index contributed by atoms with van der Waals surface area (Å²) in [6.45, 7) is 4.50. The molecule has 0 bridgehead atoms. The molecule has 21 heavy (non-hydrogen) atoms. The second kappa shape index (κ2) is 6.34. The van der Waals surface area contributed by atoms with E-state index in [4.69, 9.17) is 20.2 Å². The van der Waals surface area contributed by atoms with Gasteiger partial charge in [0.05, 0.1) is 23.7 Å². The van der Waals surface area contributed by atoms with Crippen LogP contribution in [-0.2, 0) is 18.5 Å². The van der Waals surface area contributed by atoms with Crippen molar-refractivity contribution in [3.05, 3.63) is 28.8 Å². The second-order valence-electron chi connectivity index (χ2n) is 5.07. The fourth-order valence-corrected chi connectivity index (χ4v) is 3.49. The molecule has 5 nitrogen and oxygen atoms in total. The first-order chi connectivity index (χ1) is 9.79. The summed E-state index contributed by atoms with van der Waals surface area (Å²) in [5.41, 5.74) is 1.41. The molecule has 0 aliphatic carbocycles. The number of esters is 1. The molecule has 0 aromatic heterocycles. The van der Waals surface area contributed by atoms with Crippen LogP contribution in [0.5, 0.6) is 0 Å². The Kier molecular flexibility index (Phi) is 4.91. The molecule has 1 heterocycles. The first-order valence-electron chi connectivity index (χ1n) is 6.63. The Morgan fingerprint density at radius 1 is 1.29 bits per heavy atom. The van der Waals surface area contributed by atoms with Crippen molar-refractivity contribution in [1.82, 2.24) is 0 Å². The molecule has 0 spiro atoms. The molecule has 116 valence electrons. The molecule has 0 saturated carbocycles. The number of benzene rings is 1. The molecule has 2 rings (SSSR count). The van der Waals surface area contributed by atoms with Gasteiger partial charge in [0, 0.05) is 23.5 Å². The number of carbonyl (C=O) groups is 1.